The fraction of sp³-hybridized carbons (Fsp3) is 0.333. The van der Waals surface area contributed by atoms with Gasteiger partial charge in [-0.1, -0.05) is 54.1 Å². The van der Waals surface area contributed by atoms with Gasteiger partial charge in [0, 0.05) is 57.6 Å². The number of para-hydroxylation sites is 1. The predicted molar refractivity (Wildman–Crippen MR) is 151 cm³/mol. The van der Waals surface area contributed by atoms with E-state index in [0.29, 0.717) is 19.6 Å². The average Bonchev–Trinajstić information content (AvgIpc) is 3.50. The van der Waals surface area contributed by atoms with E-state index in [-0.39, 0.29) is 5.91 Å². The molecule has 0 aliphatic carbocycles. The highest BCUT2D eigenvalue weighted by Crippen LogP contribution is 2.29. The zero-order valence-corrected chi connectivity index (χ0v) is 22.7. The van der Waals surface area contributed by atoms with E-state index < -0.39 is 0 Å². The smallest absolute Gasteiger partial charge is 0.270 e. The number of aromatic nitrogens is 3. The van der Waals surface area contributed by atoms with Crippen molar-refractivity contribution in [1.29, 1.82) is 0 Å². The zero-order chi connectivity index (χ0) is 26.2. The van der Waals surface area contributed by atoms with Crippen molar-refractivity contribution in [2.75, 3.05) is 37.6 Å². The van der Waals surface area contributed by atoms with Crippen LogP contribution in [0.3, 0.4) is 0 Å². The fourth-order valence-corrected chi connectivity index (χ4v) is 5.92. The molecule has 38 heavy (non-hydrogen) atoms. The minimum absolute atomic E-state index is 0.0804. The monoisotopic (exact) mass is 528 g/mol. The zero-order valence-electron chi connectivity index (χ0n) is 22.0. The number of nitrogens with zero attached hydrogens (tertiary/aromatic N) is 6. The SMILES string of the molecule is Cc1c(CN2CCN(c3ccccc3Cl)CC2)cc(C(=O)N2CCn3ncc(-c4ccccc4)c3C2)n1C. The molecule has 1 amide bonds. The van der Waals surface area contributed by atoms with Crippen molar-refractivity contribution in [3.8, 4) is 11.1 Å². The molecule has 0 N–H and O–H groups in total. The first kappa shape index (κ1) is 24.8. The van der Waals surface area contributed by atoms with Gasteiger partial charge in [-0.15, -0.1) is 0 Å². The number of carbonyl (C=O) groups excluding carboxylic acids is 1. The molecule has 1 fully saturated rings. The number of carbonyl (C=O) groups is 1. The summed E-state index contributed by atoms with van der Waals surface area (Å²) in [5.41, 5.74) is 7.55. The Morgan fingerprint density at radius 1 is 0.947 bits per heavy atom. The van der Waals surface area contributed by atoms with E-state index in [4.69, 9.17) is 11.6 Å². The molecule has 7 nitrogen and oxygen atoms in total. The number of fused-ring (bicyclic) bond motifs is 1. The van der Waals surface area contributed by atoms with E-state index in [2.05, 4.69) is 50.7 Å². The molecule has 2 aliphatic rings. The molecule has 0 spiro atoms. The van der Waals surface area contributed by atoms with E-state index in [1.54, 1.807) is 0 Å². The lowest BCUT2D eigenvalue weighted by Gasteiger charge is -2.36. The Labute approximate surface area is 228 Å². The van der Waals surface area contributed by atoms with Crippen molar-refractivity contribution in [2.45, 2.75) is 26.6 Å². The van der Waals surface area contributed by atoms with Crippen LogP contribution in [0.2, 0.25) is 5.02 Å². The van der Waals surface area contributed by atoms with Crippen LogP contribution in [-0.2, 0) is 26.7 Å². The Kier molecular flexibility index (Phi) is 6.72. The Morgan fingerprint density at radius 3 is 2.45 bits per heavy atom. The van der Waals surface area contributed by atoms with Gasteiger partial charge >= 0.3 is 0 Å². The van der Waals surface area contributed by atoms with Crippen LogP contribution in [-0.4, -0.2) is 62.8 Å². The predicted octanol–water partition coefficient (Wildman–Crippen LogP) is 4.83. The van der Waals surface area contributed by atoms with Gasteiger partial charge in [-0.25, -0.2) is 0 Å². The molecule has 196 valence electrons. The first-order chi connectivity index (χ1) is 18.5. The topological polar surface area (TPSA) is 49.5 Å². The van der Waals surface area contributed by atoms with E-state index in [1.807, 2.05) is 59.2 Å². The van der Waals surface area contributed by atoms with Crippen LogP contribution < -0.4 is 4.90 Å². The lowest BCUT2D eigenvalue weighted by Crippen LogP contribution is -2.46. The number of amides is 1. The van der Waals surface area contributed by atoms with E-state index in [9.17, 15) is 4.79 Å². The Balaban J connectivity index is 1.14. The second-order valence-corrected chi connectivity index (χ2v) is 10.6. The minimum Gasteiger partial charge on any atom is -0.368 e. The number of benzene rings is 2. The van der Waals surface area contributed by atoms with Crippen LogP contribution in [0.1, 0.15) is 27.4 Å². The van der Waals surface area contributed by atoms with E-state index >= 15 is 0 Å². The average molecular weight is 529 g/mol. The van der Waals surface area contributed by atoms with Gasteiger partial charge in [0.05, 0.1) is 35.7 Å². The molecule has 4 aromatic rings. The molecular weight excluding hydrogens is 496 g/mol. The van der Waals surface area contributed by atoms with Crippen molar-refractivity contribution in [3.63, 3.8) is 0 Å². The molecule has 6 rings (SSSR count). The van der Waals surface area contributed by atoms with Gasteiger partial charge in [-0.05, 0) is 36.2 Å². The van der Waals surface area contributed by atoms with Crippen LogP contribution in [0.25, 0.3) is 11.1 Å². The maximum Gasteiger partial charge on any atom is 0.270 e. The number of rotatable bonds is 5. The third-order valence-electron chi connectivity index (χ3n) is 8.06. The number of piperazine rings is 1. The molecule has 2 aromatic heterocycles. The van der Waals surface area contributed by atoms with Crippen LogP contribution in [0, 0.1) is 6.92 Å². The maximum absolute atomic E-state index is 13.7. The van der Waals surface area contributed by atoms with E-state index in [0.717, 1.165) is 71.6 Å². The molecule has 4 heterocycles. The highest BCUT2D eigenvalue weighted by molar-refractivity contribution is 6.33. The van der Waals surface area contributed by atoms with Crippen molar-refractivity contribution in [3.05, 3.63) is 94.5 Å². The van der Waals surface area contributed by atoms with Gasteiger partial charge < -0.3 is 14.4 Å². The summed E-state index contributed by atoms with van der Waals surface area (Å²) in [5, 5.41) is 5.39. The summed E-state index contributed by atoms with van der Waals surface area (Å²) in [4.78, 5) is 20.5. The van der Waals surface area contributed by atoms with Crippen molar-refractivity contribution >= 4 is 23.2 Å². The molecule has 0 atom stereocenters. The van der Waals surface area contributed by atoms with Crippen molar-refractivity contribution < 1.29 is 4.79 Å². The molecule has 0 bridgehead atoms. The second-order valence-electron chi connectivity index (χ2n) is 10.2. The first-order valence-corrected chi connectivity index (χ1v) is 13.6. The molecule has 0 saturated carbocycles. The minimum atomic E-state index is 0.0804. The van der Waals surface area contributed by atoms with Crippen LogP contribution in [0.15, 0.2) is 66.9 Å². The van der Waals surface area contributed by atoms with Crippen LogP contribution in [0.5, 0.6) is 0 Å². The molecule has 2 aliphatic heterocycles. The molecule has 0 unspecified atom stereocenters. The lowest BCUT2D eigenvalue weighted by atomic mass is 10.1. The summed E-state index contributed by atoms with van der Waals surface area (Å²) in [7, 11) is 2.00. The van der Waals surface area contributed by atoms with Crippen LogP contribution in [0.4, 0.5) is 5.69 Å². The Hall–Kier alpha value is -3.55. The second kappa shape index (κ2) is 10.3. The summed E-state index contributed by atoms with van der Waals surface area (Å²) >= 11 is 6.42. The normalized spacial score (nSPS) is 16.1. The van der Waals surface area contributed by atoms with Gasteiger partial charge in [-0.3, -0.25) is 14.4 Å². The molecular formula is C30H33ClN6O. The van der Waals surface area contributed by atoms with Gasteiger partial charge in [-0.2, -0.15) is 5.10 Å². The number of anilines is 1. The Morgan fingerprint density at radius 2 is 1.68 bits per heavy atom. The number of hydrogen-bond acceptors (Lipinski definition) is 4. The molecule has 1 saturated heterocycles. The van der Waals surface area contributed by atoms with Crippen molar-refractivity contribution in [1.82, 2.24) is 24.1 Å². The molecule has 0 radical (unpaired) electrons. The number of halogens is 1. The fourth-order valence-electron chi connectivity index (χ4n) is 5.66. The molecule has 8 heteroatoms. The van der Waals surface area contributed by atoms with Crippen LogP contribution >= 0.6 is 11.6 Å². The van der Waals surface area contributed by atoms with Gasteiger partial charge in [0.2, 0.25) is 0 Å². The summed E-state index contributed by atoms with van der Waals surface area (Å²) in [6.45, 7) is 8.68. The largest absolute Gasteiger partial charge is 0.368 e. The van der Waals surface area contributed by atoms with Gasteiger partial charge in [0.1, 0.15) is 5.69 Å². The summed E-state index contributed by atoms with van der Waals surface area (Å²) < 4.78 is 4.09. The highest BCUT2D eigenvalue weighted by atomic mass is 35.5. The Bertz CT molecular complexity index is 1450. The maximum atomic E-state index is 13.7. The van der Waals surface area contributed by atoms with E-state index in [1.165, 1.54) is 5.56 Å². The molecule has 2 aromatic carbocycles. The number of hydrogen-bond donors (Lipinski definition) is 0. The quantitative estimate of drug-likeness (QED) is 0.372. The summed E-state index contributed by atoms with van der Waals surface area (Å²) in [6.07, 6.45) is 1.93. The third-order valence-corrected chi connectivity index (χ3v) is 8.38. The summed E-state index contributed by atoms with van der Waals surface area (Å²) in [5.74, 6) is 0.0804. The standard InChI is InChI=1S/C30H33ClN6O/c1-22-24(20-34-12-14-35(15-13-34)27-11-7-6-10-26(27)31)18-28(33(22)2)30(38)36-16-17-37-29(21-36)25(19-32-37)23-8-4-3-5-9-23/h3-11,18-19H,12-17,20-21H2,1-2H3. The third kappa shape index (κ3) is 4.61. The van der Waals surface area contributed by atoms with Crippen molar-refractivity contribution in [2.24, 2.45) is 7.05 Å². The summed E-state index contributed by atoms with van der Waals surface area (Å²) in [6, 6.07) is 20.4. The van der Waals surface area contributed by atoms with Gasteiger partial charge in [0.15, 0.2) is 0 Å². The first-order valence-electron chi connectivity index (χ1n) is 13.3. The highest BCUT2D eigenvalue weighted by Gasteiger charge is 2.28. The lowest BCUT2D eigenvalue weighted by molar-refractivity contribution is 0.0696. The van der Waals surface area contributed by atoms with Gasteiger partial charge in [0.25, 0.3) is 5.91 Å².